The largest absolute Gasteiger partial charge is 0.456 e. The molecule has 40 heavy (non-hydrogen) atoms. The smallest absolute Gasteiger partial charge is 0.143 e. The maximum Gasteiger partial charge on any atom is 0.143 e. The Kier molecular flexibility index (Phi) is 5.14. The van der Waals surface area contributed by atoms with Gasteiger partial charge in [0.15, 0.2) is 0 Å². The molecule has 0 amide bonds. The zero-order valence-corrected chi connectivity index (χ0v) is 21.7. The standard InChI is InChI=1S/C37H24N2O/c1-3-11-25(12-4-1)36-29-16-7-8-17-30(29)37(31-21-22-38-24-33(31)36)40-27-19-20-35-32(23-27)28-15-9-10-18-34(28)39(35)26-13-5-2-6-14-26/h1-24H. The first kappa shape index (κ1) is 22.6. The third kappa shape index (κ3) is 3.49. The predicted molar refractivity (Wildman–Crippen MR) is 166 cm³/mol. The van der Waals surface area contributed by atoms with Gasteiger partial charge in [0.2, 0.25) is 0 Å². The Labute approximate surface area is 231 Å². The monoisotopic (exact) mass is 512 g/mol. The molecule has 2 heterocycles. The van der Waals surface area contributed by atoms with Crippen LogP contribution in [0.15, 0.2) is 146 Å². The average Bonchev–Trinajstić information content (AvgIpc) is 3.35. The predicted octanol–water partition coefficient (Wildman–Crippen LogP) is 9.94. The van der Waals surface area contributed by atoms with Crippen molar-refractivity contribution in [2.75, 3.05) is 0 Å². The van der Waals surface area contributed by atoms with Gasteiger partial charge < -0.3 is 9.30 Å². The van der Waals surface area contributed by atoms with E-state index in [1.165, 1.54) is 22.0 Å². The van der Waals surface area contributed by atoms with Crippen molar-refractivity contribution >= 4 is 43.4 Å². The molecule has 0 saturated heterocycles. The number of benzene rings is 6. The number of fused-ring (bicyclic) bond motifs is 5. The molecule has 3 heteroatoms. The Morgan fingerprint density at radius 3 is 1.98 bits per heavy atom. The van der Waals surface area contributed by atoms with E-state index >= 15 is 0 Å². The lowest BCUT2D eigenvalue weighted by Crippen LogP contribution is -1.94. The van der Waals surface area contributed by atoms with Gasteiger partial charge in [-0.3, -0.25) is 4.98 Å². The van der Waals surface area contributed by atoms with Crippen LogP contribution in [0.25, 0.3) is 60.2 Å². The molecule has 188 valence electrons. The van der Waals surface area contributed by atoms with Crippen molar-refractivity contribution < 1.29 is 4.74 Å². The summed E-state index contributed by atoms with van der Waals surface area (Å²) in [7, 11) is 0. The van der Waals surface area contributed by atoms with Gasteiger partial charge in [-0.15, -0.1) is 0 Å². The van der Waals surface area contributed by atoms with Crippen LogP contribution in [0.4, 0.5) is 0 Å². The summed E-state index contributed by atoms with van der Waals surface area (Å²) < 4.78 is 9.15. The van der Waals surface area contributed by atoms with Crippen LogP contribution >= 0.6 is 0 Å². The fourth-order valence-corrected chi connectivity index (χ4v) is 6.00. The lowest BCUT2D eigenvalue weighted by Gasteiger charge is -2.17. The van der Waals surface area contributed by atoms with Gasteiger partial charge >= 0.3 is 0 Å². The van der Waals surface area contributed by atoms with Crippen molar-refractivity contribution in [2.24, 2.45) is 0 Å². The second-order valence-electron chi connectivity index (χ2n) is 10.0. The van der Waals surface area contributed by atoms with E-state index in [1.807, 2.05) is 12.4 Å². The van der Waals surface area contributed by atoms with E-state index in [4.69, 9.17) is 4.74 Å². The third-order valence-corrected chi connectivity index (χ3v) is 7.72. The minimum Gasteiger partial charge on any atom is -0.456 e. The molecule has 0 unspecified atom stereocenters. The lowest BCUT2D eigenvalue weighted by molar-refractivity contribution is 0.494. The zero-order valence-electron chi connectivity index (χ0n) is 21.7. The molecule has 0 aliphatic rings. The number of ether oxygens (including phenoxy) is 1. The van der Waals surface area contributed by atoms with E-state index in [-0.39, 0.29) is 0 Å². The van der Waals surface area contributed by atoms with Gasteiger partial charge in [-0.1, -0.05) is 91.0 Å². The van der Waals surface area contributed by atoms with Gasteiger partial charge in [-0.2, -0.15) is 0 Å². The molecule has 0 radical (unpaired) electrons. The highest BCUT2D eigenvalue weighted by molar-refractivity contribution is 6.17. The maximum absolute atomic E-state index is 6.83. The molecule has 8 aromatic rings. The number of para-hydroxylation sites is 2. The summed E-state index contributed by atoms with van der Waals surface area (Å²) in [5.74, 6) is 1.65. The molecule has 0 aliphatic heterocycles. The van der Waals surface area contributed by atoms with Gasteiger partial charge in [0.05, 0.1) is 11.0 Å². The van der Waals surface area contributed by atoms with Gasteiger partial charge in [0.25, 0.3) is 0 Å². The van der Waals surface area contributed by atoms with Crippen LogP contribution in [-0.4, -0.2) is 9.55 Å². The van der Waals surface area contributed by atoms with Gasteiger partial charge in [-0.25, -0.2) is 0 Å². The second kappa shape index (κ2) is 9.11. The number of pyridine rings is 1. The molecular formula is C37H24N2O. The highest BCUT2D eigenvalue weighted by atomic mass is 16.5. The highest BCUT2D eigenvalue weighted by Gasteiger charge is 2.18. The average molecular weight is 513 g/mol. The summed E-state index contributed by atoms with van der Waals surface area (Å²) in [4.78, 5) is 4.50. The van der Waals surface area contributed by atoms with Crippen molar-refractivity contribution in [1.29, 1.82) is 0 Å². The van der Waals surface area contributed by atoms with Gasteiger partial charge in [-0.05, 0) is 59.0 Å². The Bertz CT molecular complexity index is 2120. The van der Waals surface area contributed by atoms with E-state index < -0.39 is 0 Å². The van der Waals surface area contributed by atoms with Crippen LogP contribution in [0.5, 0.6) is 11.5 Å². The number of aromatic nitrogens is 2. The van der Waals surface area contributed by atoms with Crippen LogP contribution in [0.2, 0.25) is 0 Å². The lowest BCUT2D eigenvalue weighted by atomic mass is 9.92. The van der Waals surface area contributed by atoms with Gasteiger partial charge in [0.1, 0.15) is 11.5 Å². The molecule has 0 fully saturated rings. The molecule has 0 N–H and O–H groups in total. The number of hydrogen-bond donors (Lipinski definition) is 0. The molecule has 0 aliphatic carbocycles. The van der Waals surface area contributed by atoms with E-state index in [0.717, 1.165) is 49.6 Å². The minimum absolute atomic E-state index is 0.805. The van der Waals surface area contributed by atoms with E-state index in [1.54, 1.807) is 0 Å². The Morgan fingerprint density at radius 1 is 0.500 bits per heavy atom. The molecule has 0 spiro atoms. The second-order valence-corrected chi connectivity index (χ2v) is 10.0. The van der Waals surface area contributed by atoms with Crippen molar-refractivity contribution in [3.63, 3.8) is 0 Å². The van der Waals surface area contributed by atoms with Crippen LogP contribution in [-0.2, 0) is 0 Å². The SMILES string of the molecule is c1ccc(-c2c3ccccc3c(Oc3ccc4c(c3)c3ccccc3n4-c3ccccc3)c3ccncc23)cc1. The molecule has 6 aromatic carbocycles. The quantitative estimate of drug-likeness (QED) is 0.219. The van der Waals surface area contributed by atoms with Crippen molar-refractivity contribution in [3.05, 3.63) is 146 Å². The van der Waals surface area contributed by atoms with Crippen molar-refractivity contribution in [2.45, 2.75) is 0 Å². The maximum atomic E-state index is 6.83. The molecule has 0 bridgehead atoms. The summed E-state index contributed by atoms with van der Waals surface area (Å²) in [5.41, 5.74) is 5.81. The fraction of sp³-hybridized carbons (Fsp3) is 0. The molecule has 8 rings (SSSR count). The summed E-state index contributed by atoms with van der Waals surface area (Å²) in [6.45, 7) is 0. The van der Waals surface area contributed by atoms with E-state index in [2.05, 4.69) is 143 Å². The molecule has 0 saturated carbocycles. The number of nitrogens with zero attached hydrogens (tertiary/aromatic N) is 2. The van der Waals surface area contributed by atoms with Crippen LogP contribution in [0, 0.1) is 0 Å². The summed E-state index contributed by atoms with van der Waals surface area (Å²) in [6, 6.07) is 46.6. The zero-order chi connectivity index (χ0) is 26.5. The molecule has 2 aromatic heterocycles. The Morgan fingerprint density at radius 2 is 1.15 bits per heavy atom. The summed E-state index contributed by atoms with van der Waals surface area (Å²) >= 11 is 0. The summed E-state index contributed by atoms with van der Waals surface area (Å²) in [5, 5.41) is 6.69. The number of hydrogen-bond acceptors (Lipinski definition) is 2. The molecule has 0 atom stereocenters. The third-order valence-electron chi connectivity index (χ3n) is 7.72. The Balaban J connectivity index is 1.36. The molecule has 3 nitrogen and oxygen atoms in total. The fourth-order valence-electron chi connectivity index (χ4n) is 6.00. The summed E-state index contributed by atoms with van der Waals surface area (Å²) in [6.07, 6.45) is 3.79. The minimum atomic E-state index is 0.805. The molecular weight excluding hydrogens is 488 g/mol. The highest BCUT2D eigenvalue weighted by Crippen LogP contribution is 2.45. The first-order chi connectivity index (χ1) is 19.9. The Hall–Kier alpha value is -5.41. The van der Waals surface area contributed by atoms with Crippen LogP contribution in [0.3, 0.4) is 0 Å². The van der Waals surface area contributed by atoms with Crippen molar-refractivity contribution in [3.8, 4) is 28.3 Å². The van der Waals surface area contributed by atoms with Crippen LogP contribution in [0.1, 0.15) is 0 Å². The first-order valence-electron chi connectivity index (χ1n) is 13.5. The first-order valence-corrected chi connectivity index (χ1v) is 13.5. The number of rotatable bonds is 4. The van der Waals surface area contributed by atoms with Crippen LogP contribution < -0.4 is 4.74 Å². The topological polar surface area (TPSA) is 27.1 Å². The normalized spacial score (nSPS) is 11.5. The van der Waals surface area contributed by atoms with E-state index in [9.17, 15) is 0 Å². The van der Waals surface area contributed by atoms with E-state index in [0.29, 0.717) is 0 Å². The van der Waals surface area contributed by atoms with Gasteiger partial charge in [0, 0.05) is 45.0 Å². The van der Waals surface area contributed by atoms with Crippen molar-refractivity contribution in [1.82, 2.24) is 9.55 Å².